The number of rotatable bonds is 3. The SMILES string of the molecule is Clc1ccc(CNc2noc3ccccc23)cc1Cl. The van der Waals surface area contributed by atoms with Crippen LogP contribution in [-0.2, 0) is 6.54 Å². The van der Waals surface area contributed by atoms with Crippen molar-refractivity contribution < 1.29 is 4.52 Å². The van der Waals surface area contributed by atoms with Crippen molar-refractivity contribution in [2.45, 2.75) is 6.54 Å². The number of nitrogens with one attached hydrogen (secondary N) is 1. The number of anilines is 1. The lowest BCUT2D eigenvalue weighted by Gasteiger charge is -2.04. The first kappa shape index (κ1) is 12.3. The van der Waals surface area contributed by atoms with E-state index in [-0.39, 0.29) is 0 Å². The molecule has 19 heavy (non-hydrogen) atoms. The van der Waals surface area contributed by atoms with Gasteiger partial charge in [-0.05, 0) is 29.8 Å². The van der Waals surface area contributed by atoms with E-state index < -0.39 is 0 Å². The molecule has 2 aromatic carbocycles. The zero-order chi connectivity index (χ0) is 13.2. The molecule has 0 bridgehead atoms. The van der Waals surface area contributed by atoms with Gasteiger partial charge in [-0.3, -0.25) is 0 Å². The highest BCUT2D eigenvalue weighted by atomic mass is 35.5. The number of nitrogens with zero attached hydrogens (tertiary/aromatic N) is 1. The summed E-state index contributed by atoms with van der Waals surface area (Å²) < 4.78 is 5.22. The van der Waals surface area contributed by atoms with Gasteiger partial charge in [-0.25, -0.2) is 0 Å². The highest BCUT2D eigenvalue weighted by molar-refractivity contribution is 6.42. The van der Waals surface area contributed by atoms with E-state index >= 15 is 0 Å². The second kappa shape index (κ2) is 5.11. The van der Waals surface area contributed by atoms with Crippen LogP contribution in [0.3, 0.4) is 0 Å². The smallest absolute Gasteiger partial charge is 0.177 e. The third-order valence-corrected chi connectivity index (χ3v) is 3.56. The van der Waals surface area contributed by atoms with Crippen molar-refractivity contribution in [3.8, 4) is 0 Å². The number of aromatic nitrogens is 1. The Hall–Kier alpha value is -1.71. The van der Waals surface area contributed by atoms with Gasteiger partial charge in [0.2, 0.25) is 0 Å². The Morgan fingerprint density at radius 2 is 1.89 bits per heavy atom. The fraction of sp³-hybridized carbons (Fsp3) is 0.0714. The lowest BCUT2D eigenvalue weighted by Crippen LogP contribution is -1.99. The molecule has 0 amide bonds. The lowest BCUT2D eigenvalue weighted by atomic mass is 10.2. The molecule has 0 atom stereocenters. The van der Waals surface area contributed by atoms with Gasteiger partial charge in [0.1, 0.15) is 0 Å². The number of halogens is 2. The molecule has 3 nitrogen and oxygen atoms in total. The van der Waals surface area contributed by atoms with Gasteiger partial charge in [0.15, 0.2) is 11.4 Å². The van der Waals surface area contributed by atoms with E-state index in [1.165, 1.54) is 0 Å². The summed E-state index contributed by atoms with van der Waals surface area (Å²) in [6.07, 6.45) is 0. The molecule has 0 aliphatic carbocycles. The van der Waals surface area contributed by atoms with Gasteiger partial charge in [0.25, 0.3) is 0 Å². The molecule has 0 spiro atoms. The molecule has 5 heteroatoms. The molecule has 96 valence electrons. The van der Waals surface area contributed by atoms with E-state index in [4.69, 9.17) is 27.7 Å². The van der Waals surface area contributed by atoms with Crippen molar-refractivity contribution in [3.63, 3.8) is 0 Å². The van der Waals surface area contributed by atoms with Crippen LogP contribution in [-0.4, -0.2) is 5.16 Å². The Morgan fingerprint density at radius 3 is 2.74 bits per heavy atom. The van der Waals surface area contributed by atoms with E-state index in [1.807, 2.05) is 36.4 Å². The normalized spacial score (nSPS) is 10.8. The third-order valence-electron chi connectivity index (χ3n) is 2.82. The third kappa shape index (κ3) is 2.53. The van der Waals surface area contributed by atoms with Crippen molar-refractivity contribution in [1.29, 1.82) is 0 Å². The van der Waals surface area contributed by atoms with Gasteiger partial charge in [0, 0.05) is 6.54 Å². The molecular weight excluding hydrogens is 283 g/mol. The summed E-state index contributed by atoms with van der Waals surface area (Å²) in [6.45, 7) is 0.605. The van der Waals surface area contributed by atoms with Crippen LogP contribution >= 0.6 is 23.2 Å². The number of hydrogen-bond acceptors (Lipinski definition) is 3. The number of para-hydroxylation sites is 1. The standard InChI is InChI=1S/C14H10Cl2N2O/c15-11-6-5-9(7-12(11)16)8-17-14-10-3-1-2-4-13(10)19-18-14/h1-7H,8H2,(H,17,18). The Bertz CT molecular complexity index is 724. The minimum Gasteiger partial charge on any atom is -0.363 e. The topological polar surface area (TPSA) is 38.1 Å². The van der Waals surface area contributed by atoms with Gasteiger partial charge in [-0.15, -0.1) is 0 Å². The van der Waals surface area contributed by atoms with E-state index in [1.54, 1.807) is 6.07 Å². The van der Waals surface area contributed by atoms with E-state index in [2.05, 4.69) is 10.5 Å². The van der Waals surface area contributed by atoms with Crippen LogP contribution in [0.4, 0.5) is 5.82 Å². The van der Waals surface area contributed by atoms with Crippen LogP contribution in [0.2, 0.25) is 10.0 Å². The van der Waals surface area contributed by atoms with Crippen LogP contribution in [0.15, 0.2) is 47.0 Å². The minimum atomic E-state index is 0.547. The average Bonchev–Trinajstić information content (AvgIpc) is 2.83. The summed E-state index contributed by atoms with van der Waals surface area (Å²) in [5.41, 5.74) is 1.79. The molecular formula is C14H10Cl2N2O. The summed E-state index contributed by atoms with van der Waals surface area (Å²) in [7, 11) is 0. The first-order valence-corrected chi connectivity index (χ1v) is 6.52. The van der Waals surface area contributed by atoms with Crippen LogP contribution in [0.1, 0.15) is 5.56 Å². The Morgan fingerprint density at radius 1 is 1.05 bits per heavy atom. The molecule has 0 unspecified atom stereocenters. The molecule has 0 radical (unpaired) electrons. The molecule has 0 aliphatic heterocycles. The van der Waals surface area contributed by atoms with Gasteiger partial charge in [0.05, 0.1) is 15.4 Å². The number of benzene rings is 2. The predicted octanol–water partition coefficient (Wildman–Crippen LogP) is 4.75. The van der Waals surface area contributed by atoms with Crippen molar-refractivity contribution in [2.75, 3.05) is 5.32 Å². The first-order chi connectivity index (χ1) is 9.24. The Kier molecular flexibility index (Phi) is 3.32. The number of hydrogen-bond donors (Lipinski definition) is 1. The summed E-state index contributed by atoms with van der Waals surface area (Å²) in [5, 5.41) is 9.29. The Balaban J connectivity index is 1.80. The molecule has 1 aromatic heterocycles. The maximum absolute atomic E-state index is 5.98. The maximum atomic E-state index is 5.98. The van der Waals surface area contributed by atoms with Gasteiger partial charge < -0.3 is 9.84 Å². The Labute approximate surface area is 120 Å². The van der Waals surface area contributed by atoms with Gasteiger partial charge >= 0.3 is 0 Å². The largest absolute Gasteiger partial charge is 0.363 e. The second-order valence-corrected chi connectivity index (χ2v) is 4.94. The fourth-order valence-electron chi connectivity index (χ4n) is 1.85. The zero-order valence-electron chi connectivity index (χ0n) is 9.86. The molecule has 3 rings (SSSR count). The summed E-state index contributed by atoms with van der Waals surface area (Å²) in [6, 6.07) is 13.2. The zero-order valence-corrected chi connectivity index (χ0v) is 11.4. The molecule has 3 aromatic rings. The predicted molar refractivity (Wildman–Crippen MR) is 77.8 cm³/mol. The average molecular weight is 293 g/mol. The fourth-order valence-corrected chi connectivity index (χ4v) is 2.17. The monoisotopic (exact) mass is 292 g/mol. The van der Waals surface area contributed by atoms with Crippen LogP contribution in [0.5, 0.6) is 0 Å². The van der Waals surface area contributed by atoms with Crippen molar-refractivity contribution in [1.82, 2.24) is 5.16 Å². The highest BCUT2D eigenvalue weighted by Crippen LogP contribution is 2.25. The summed E-state index contributed by atoms with van der Waals surface area (Å²) in [4.78, 5) is 0. The molecule has 0 fully saturated rings. The summed E-state index contributed by atoms with van der Waals surface area (Å²) in [5.74, 6) is 0.724. The van der Waals surface area contributed by atoms with Crippen LogP contribution in [0, 0.1) is 0 Å². The quantitative estimate of drug-likeness (QED) is 0.757. The van der Waals surface area contributed by atoms with Crippen LogP contribution in [0.25, 0.3) is 11.0 Å². The molecule has 1 heterocycles. The van der Waals surface area contributed by atoms with Gasteiger partial charge in [-0.2, -0.15) is 0 Å². The maximum Gasteiger partial charge on any atom is 0.177 e. The second-order valence-electron chi connectivity index (χ2n) is 4.13. The molecule has 0 saturated carbocycles. The van der Waals surface area contributed by atoms with E-state index in [0.29, 0.717) is 16.6 Å². The van der Waals surface area contributed by atoms with E-state index in [9.17, 15) is 0 Å². The van der Waals surface area contributed by atoms with Crippen LogP contribution < -0.4 is 5.32 Å². The molecule has 0 saturated heterocycles. The minimum absolute atomic E-state index is 0.547. The highest BCUT2D eigenvalue weighted by Gasteiger charge is 2.07. The van der Waals surface area contributed by atoms with E-state index in [0.717, 1.165) is 22.4 Å². The first-order valence-electron chi connectivity index (χ1n) is 5.76. The van der Waals surface area contributed by atoms with Crippen molar-refractivity contribution >= 4 is 40.0 Å². The number of fused-ring (bicyclic) bond motifs is 1. The van der Waals surface area contributed by atoms with Crippen molar-refractivity contribution in [3.05, 3.63) is 58.1 Å². The lowest BCUT2D eigenvalue weighted by molar-refractivity contribution is 0.459. The summed E-state index contributed by atoms with van der Waals surface area (Å²) >= 11 is 11.9. The van der Waals surface area contributed by atoms with Crippen molar-refractivity contribution in [2.24, 2.45) is 0 Å². The molecule has 1 N–H and O–H groups in total. The molecule has 0 aliphatic rings. The van der Waals surface area contributed by atoms with Gasteiger partial charge in [-0.1, -0.05) is 46.6 Å².